The Balaban J connectivity index is 1.69. The monoisotopic (exact) mass is 334 g/mol. The topological polar surface area (TPSA) is 85.2 Å². The van der Waals surface area contributed by atoms with Crippen LogP contribution in [-0.4, -0.2) is 33.7 Å². The number of halogens is 1. The van der Waals surface area contributed by atoms with Gasteiger partial charge in [-0.1, -0.05) is 11.6 Å². The summed E-state index contributed by atoms with van der Waals surface area (Å²) in [6.45, 7) is 2.27. The molecule has 2 amide bonds. The second-order valence-corrected chi connectivity index (χ2v) is 5.69. The number of amides is 2. The average molecular weight is 335 g/mol. The van der Waals surface area contributed by atoms with E-state index in [1.807, 2.05) is 0 Å². The molecule has 0 fully saturated rings. The third-order valence-corrected chi connectivity index (χ3v) is 3.79. The van der Waals surface area contributed by atoms with Crippen LogP contribution in [0.1, 0.15) is 6.92 Å². The summed E-state index contributed by atoms with van der Waals surface area (Å²) in [6, 6.07) is 6.62. The SMILES string of the molecule is C[C@@]1(C(=O)NCCn2cccn2)Oc2ccc(Cl)cc2NC1=O. The lowest BCUT2D eigenvalue weighted by atomic mass is 10.0. The molecular formula is C15H15ClN4O3. The molecule has 8 heteroatoms. The maximum Gasteiger partial charge on any atom is 0.278 e. The Bertz CT molecular complexity index is 747. The molecule has 0 unspecified atom stereocenters. The van der Waals surface area contributed by atoms with Crippen molar-refractivity contribution in [3.63, 3.8) is 0 Å². The number of anilines is 1. The zero-order chi connectivity index (χ0) is 16.4. The molecule has 1 aliphatic rings. The summed E-state index contributed by atoms with van der Waals surface area (Å²) < 4.78 is 7.31. The Hall–Kier alpha value is -2.54. The number of aromatic nitrogens is 2. The number of hydrogen-bond acceptors (Lipinski definition) is 4. The van der Waals surface area contributed by atoms with E-state index in [0.29, 0.717) is 29.5 Å². The average Bonchev–Trinajstić information content (AvgIpc) is 3.02. The molecule has 1 aliphatic heterocycles. The van der Waals surface area contributed by atoms with Crippen molar-refractivity contribution in [2.45, 2.75) is 19.1 Å². The summed E-state index contributed by atoms with van der Waals surface area (Å²) in [5.74, 6) is -0.648. The first-order chi connectivity index (χ1) is 11.0. The zero-order valence-corrected chi connectivity index (χ0v) is 13.1. The first-order valence-electron chi connectivity index (χ1n) is 7.05. The van der Waals surface area contributed by atoms with E-state index < -0.39 is 17.4 Å². The molecule has 0 radical (unpaired) electrons. The lowest BCUT2D eigenvalue weighted by Crippen LogP contribution is -2.59. The van der Waals surface area contributed by atoms with Crippen molar-refractivity contribution in [1.29, 1.82) is 0 Å². The van der Waals surface area contributed by atoms with Gasteiger partial charge in [0.25, 0.3) is 17.4 Å². The first-order valence-corrected chi connectivity index (χ1v) is 7.42. The normalized spacial score (nSPS) is 19.5. The van der Waals surface area contributed by atoms with Crippen LogP contribution in [0.25, 0.3) is 0 Å². The molecule has 2 aromatic rings. The maximum atomic E-state index is 12.4. The molecule has 23 heavy (non-hydrogen) atoms. The predicted octanol–water partition coefficient (Wildman–Crippen LogP) is 1.44. The van der Waals surface area contributed by atoms with Crippen LogP contribution in [0, 0.1) is 0 Å². The smallest absolute Gasteiger partial charge is 0.278 e. The third kappa shape index (κ3) is 3.00. The molecule has 1 aromatic carbocycles. The van der Waals surface area contributed by atoms with E-state index >= 15 is 0 Å². The largest absolute Gasteiger partial charge is 0.466 e. The summed E-state index contributed by atoms with van der Waals surface area (Å²) in [7, 11) is 0. The Kier molecular flexibility index (Phi) is 3.96. The fraction of sp³-hybridized carbons (Fsp3) is 0.267. The number of rotatable bonds is 4. The van der Waals surface area contributed by atoms with Crippen LogP contribution in [0.5, 0.6) is 5.75 Å². The maximum absolute atomic E-state index is 12.4. The van der Waals surface area contributed by atoms with Crippen LogP contribution < -0.4 is 15.4 Å². The highest BCUT2D eigenvalue weighted by atomic mass is 35.5. The van der Waals surface area contributed by atoms with Crippen LogP contribution in [0.4, 0.5) is 5.69 Å². The van der Waals surface area contributed by atoms with Gasteiger partial charge < -0.3 is 15.4 Å². The van der Waals surface area contributed by atoms with E-state index in [0.717, 1.165) is 0 Å². The molecule has 120 valence electrons. The molecule has 3 rings (SSSR count). The Labute approximate surface area is 137 Å². The number of fused-ring (bicyclic) bond motifs is 1. The summed E-state index contributed by atoms with van der Waals surface area (Å²) in [6.07, 6.45) is 3.45. The number of nitrogens with one attached hydrogen (secondary N) is 2. The quantitative estimate of drug-likeness (QED) is 0.829. The van der Waals surface area contributed by atoms with Crippen molar-refractivity contribution in [1.82, 2.24) is 15.1 Å². The van der Waals surface area contributed by atoms with Gasteiger partial charge in [0.05, 0.1) is 12.2 Å². The van der Waals surface area contributed by atoms with E-state index in [1.54, 1.807) is 41.3 Å². The van der Waals surface area contributed by atoms with Crippen LogP contribution in [0.2, 0.25) is 5.02 Å². The van der Waals surface area contributed by atoms with E-state index in [9.17, 15) is 9.59 Å². The molecule has 2 heterocycles. The van der Waals surface area contributed by atoms with E-state index in [1.165, 1.54) is 6.92 Å². The molecule has 0 bridgehead atoms. The van der Waals surface area contributed by atoms with Gasteiger partial charge in [-0.25, -0.2) is 0 Å². The fourth-order valence-electron chi connectivity index (χ4n) is 2.23. The molecule has 0 aliphatic carbocycles. The minimum absolute atomic E-state index is 0.334. The molecule has 0 saturated carbocycles. The third-order valence-electron chi connectivity index (χ3n) is 3.56. The fourth-order valence-corrected chi connectivity index (χ4v) is 2.40. The van der Waals surface area contributed by atoms with Crippen molar-refractivity contribution >= 4 is 29.1 Å². The highest BCUT2D eigenvalue weighted by Gasteiger charge is 2.47. The number of benzene rings is 1. The molecule has 1 atom stereocenters. The lowest BCUT2D eigenvalue weighted by molar-refractivity contribution is -0.146. The summed E-state index contributed by atoms with van der Waals surface area (Å²) in [4.78, 5) is 24.6. The molecule has 0 spiro atoms. The van der Waals surface area contributed by atoms with Gasteiger partial charge in [-0.3, -0.25) is 14.3 Å². The summed E-state index contributed by atoms with van der Waals surface area (Å²) in [5, 5.41) is 9.85. The van der Waals surface area contributed by atoms with Crippen LogP contribution >= 0.6 is 11.6 Å². The van der Waals surface area contributed by atoms with Crippen LogP contribution in [0.3, 0.4) is 0 Å². The Morgan fingerprint density at radius 3 is 3.09 bits per heavy atom. The predicted molar refractivity (Wildman–Crippen MR) is 84.4 cm³/mol. The number of hydrogen-bond donors (Lipinski definition) is 2. The molecule has 7 nitrogen and oxygen atoms in total. The standard InChI is InChI=1S/C15H15ClN4O3/c1-15(13(21)17-6-8-20-7-2-5-18-20)14(22)19-11-9-10(16)3-4-12(11)23-15/h2-5,7,9H,6,8H2,1H3,(H,17,21)(H,19,22)/t15-/m0/s1. The van der Waals surface area contributed by atoms with Gasteiger partial charge in [0, 0.05) is 24.0 Å². The van der Waals surface area contributed by atoms with E-state index in [2.05, 4.69) is 15.7 Å². The van der Waals surface area contributed by atoms with E-state index in [4.69, 9.17) is 16.3 Å². The number of carbonyl (C=O) groups excluding carboxylic acids is 2. The highest BCUT2D eigenvalue weighted by molar-refractivity contribution is 6.31. The van der Waals surface area contributed by atoms with Gasteiger partial charge in [-0.15, -0.1) is 0 Å². The number of nitrogens with zero attached hydrogens (tertiary/aromatic N) is 2. The molecule has 2 N–H and O–H groups in total. The Morgan fingerprint density at radius 1 is 1.52 bits per heavy atom. The molecular weight excluding hydrogens is 320 g/mol. The van der Waals surface area contributed by atoms with Gasteiger partial charge >= 0.3 is 0 Å². The highest BCUT2D eigenvalue weighted by Crippen LogP contribution is 2.35. The second-order valence-electron chi connectivity index (χ2n) is 5.25. The van der Waals surface area contributed by atoms with Gasteiger partial charge in [0.15, 0.2) is 0 Å². The van der Waals surface area contributed by atoms with Crippen molar-refractivity contribution in [2.75, 3.05) is 11.9 Å². The summed E-state index contributed by atoms with van der Waals surface area (Å²) in [5.41, 5.74) is -1.19. The van der Waals surface area contributed by atoms with Crippen molar-refractivity contribution in [3.05, 3.63) is 41.7 Å². The van der Waals surface area contributed by atoms with Crippen LogP contribution in [0.15, 0.2) is 36.7 Å². The second kappa shape index (κ2) is 5.92. The number of carbonyl (C=O) groups is 2. The molecule has 0 saturated heterocycles. The van der Waals surface area contributed by atoms with Crippen LogP contribution in [-0.2, 0) is 16.1 Å². The van der Waals surface area contributed by atoms with Crippen molar-refractivity contribution < 1.29 is 14.3 Å². The summed E-state index contributed by atoms with van der Waals surface area (Å²) >= 11 is 5.88. The molecule has 1 aromatic heterocycles. The van der Waals surface area contributed by atoms with Crippen molar-refractivity contribution in [2.24, 2.45) is 0 Å². The van der Waals surface area contributed by atoms with Crippen molar-refractivity contribution in [3.8, 4) is 5.75 Å². The Morgan fingerprint density at radius 2 is 2.35 bits per heavy atom. The minimum atomic E-state index is -1.63. The minimum Gasteiger partial charge on any atom is -0.466 e. The van der Waals surface area contributed by atoms with Gasteiger partial charge in [-0.2, -0.15) is 5.10 Å². The number of ether oxygens (including phenoxy) is 1. The first kappa shape index (κ1) is 15.4. The van der Waals surface area contributed by atoms with Gasteiger partial charge in [0.1, 0.15) is 5.75 Å². The van der Waals surface area contributed by atoms with Gasteiger partial charge in [-0.05, 0) is 31.2 Å². The van der Waals surface area contributed by atoms with Gasteiger partial charge in [0.2, 0.25) is 0 Å². The zero-order valence-electron chi connectivity index (χ0n) is 12.4. The van der Waals surface area contributed by atoms with E-state index in [-0.39, 0.29) is 0 Å². The lowest BCUT2D eigenvalue weighted by Gasteiger charge is -2.33.